The van der Waals surface area contributed by atoms with E-state index in [9.17, 15) is 9.59 Å². The number of anilines is 1. The molecule has 0 aromatic heterocycles. The largest absolute Gasteiger partial charge is 0.344 e. The second-order valence-corrected chi connectivity index (χ2v) is 4.02. The van der Waals surface area contributed by atoms with E-state index >= 15 is 0 Å². The van der Waals surface area contributed by atoms with Crippen molar-refractivity contribution >= 4 is 17.5 Å². The number of nitrogens with one attached hydrogen (secondary N) is 2. The first-order valence-electron chi connectivity index (χ1n) is 5.32. The molecule has 1 aliphatic heterocycles. The van der Waals surface area contributed by atoms with Crippen molar-refractivity contribution in [3.63, 3.8) is 0 Å². The van der Waals surface area contributed by atoms with Gasteiger partial charge in [0.25, 0.3) is 0 Å². The Kier molecular flexibility index (Phi) is 2.90. The second-order valence-electron chi connectivity index (χ2n) is 4.02. The highest BCUT2D eigenvalue weighted by atomic mass is 16.2. The molecule has 1 aromatic carbocycles. The van der Waals surface area contributed by atoms with Crippen molar-refractivity contribution < 1.29 is 9.59 Å². The van der Waals surface area contributed by atoms with Crippen LogP contribution in [0.25, 0.3) is 0 Å². The Balaban J connectivity index is 1.99. The molecule has 1 aliphatic rings. The molecule has 1 aromatic rings. The summed E-state index contributed by atoms with van der Waals surface area (Å²) in [5, 5.41) is 5.43. The summed E-state index contributed by atoms with van der Waals surface area (Å²) in [6, 6.07) is 7.20. The lowest BCUT2D eigenvalue weighted by molar-refractivity contribution is -0.122. The van der Waals surface area contributed by atoms with Crippen LogP contribution in [0.3, 0.4) is 0 Å². The fourth-order valence-corrected chi connectivity index (χ4v) is 1.76. The van der Waals surface area contributed by atoms with Crippen molar-refractivity contribution in [2.24, 2.45) is 0 Å². The first-order chi connectivity index (χ1) is 7.65. The fourth-order valence-electron chi connectivity index (χ4n) is 1.76. The van der Waals surface area contributed by atoms with Gasteiger partial charge in [-0.2, -0.15) is 0 Å². The Hall–Kier alpha value is -1.84. The summed E-state index contributed by atoms with van der Waals surface area (Å²) in [6.45, 7) is 1.97. The normalized spacial score (nSPS) is 19.3. The molecule has 0 spiro atoms. The molecule has 2 N–H and O–H groups in total. The molecule has 0 bridgehead atoms. The SMILES string of the molecule is Cc1cccc(NC(=O)C2CCC(=O)N2)c1. The summed E-state index contributed by atoms with van der Waals surface area (Å²) in [6.07, 6.45) is 1.02. The summed E-state index contributed by atoms with van der Waals surface area (Å²) in [4.78, 5) is 22.7. The summed E-state index contributed by atoms with van der Waals surface area (Å²) >= 11 is 0. The summed E-state index contributed by atoms with van der Waals surface area (Å²) in [5.41, 5.74) is 1.86. The van der Waals surface area contributed by atoms with Crippen LogP contribution in [0.5, 0.6) is 0 Å². The topological polar surface area (TPSA) is 58.2 Å². The van der Waals surface area contributed by atoms with Crippen LogP contribution in [0.4, 0.5) is 5.69 Å². The van der Waals surface area contributed by atoms with Gasteiger partial charge in [0.05, 0.1) is 0 Å². The van der Waals surface area contributed by atoms with Crippen LogP contribution >= 0.6 is 0 Å². The molecule has 1 unspecified atom stereocenters. The molecular formula is C12H14N2O2. The van der Waals surface area contributed by atoms with Gasteiger partial charge >= 0.3 is 0 Å². The van der Waals surface area contributed by atoms with Crippen LogP contribution in [0.2, 0.25) is 0 Å². The Morgan fingerprint density at radius 2 is 2.31 bits per heavy atom. The minimum atomic E-state index is -0.381. The van der Waals surface area contributed by atoms with Crippen molar-refractivity contribution in [1.82, 2.24) is 5.32 Å². The Morgan fingerprint density at radius 1 is 1.50 bits per heavy atom. The van der Waals surface area contributed by atoms with E-state index in [0.29, 0.717) is 12.8 Å². The van der Waals surface area contributed by atoms with Crippen LogP contribution in [-0.2, 0) is 9.59 Å². The minimum Gasteiger partial charge on any atom is -0.344 e. The predicted octanol–water partition coefficient (Wildman–Crippen LogP) is 1.21. The Morgan fingerprint density at radius 3 is 2.94 bits per heavy atom. The lowest BCUT2D eigenvalue weighted by Gasteiger charge is -2.11. The van der Waals surface area contributed by atoms with Gasteiger partial charge in [0.2, 0.25) is 11.8 Å². The number of carbonyl (C=O) groups is 2. The zero-order valence-corrected chi connectivity index (χ0v) is 9.12. The van der Waals surface area contributed by atoms with Crippen LogP contribution in [-0.4, -0.2) is 17.9 Å². The molecular weight excluding hydrogens is 204 g/mol. The molecule has 1 heterocycles. The number of rotatable bonds is 2. The summed E-state index contributed by atoms with van der Waals surface area (Å²) < 4.78 is 0. The zero-order chi connectivity index (χ0) is 11.5. The maximum Gasteiger partial charge on any atom is 0.246 e. The standard InChI is InChI=1S/C12H14N2O2/c1-8-3-2-4-9(7-8)13-12(16)10-5-6-11(15)14-10/h2-4,7,10H,5-6H2,1H3,(H,13,16)(H,14,15). The number of hydrogen-bond acceptors (Lipinski definition) is 2. The average molecular weight is 218 g/mol. The van der Waals surface area contributed by atoms with Gasteiger partial charge in [-0.1, -0.05) is 12.1 Å². The molecule has 1 saturated heterocycles. The molecule has 1 fully saturated rings. The van der Waals surface area contributed by atoms with Crippen molar-refractivity contribution in [1.29, 1.82) is 0 Å². The highest BCUT2D eigenvalue weighted by molar-refractivity contribution is 5.98. The predicted molar refractivity (Wildman–Crippen MR) is 61.0 cm³/mol. The zero-order valence-electron chi connectivity index (χ0n) is 9.12. The van der Waals surface area contributed by atoms with E-state index in [1.165, 1.54) is 0 Å². The molecule has 2 amide bonds. The van der Waals surface area contributed by atoms with Crippen LogP contribution in [0.15, 0.2) is 24.3 Å². The van der Waals surface area contributed by atoms with E-state index in [1.807, 2.05) is 31.2 Å². The molecule has 2 rings (SSSR count). The van der Waals surface area contributed by atoms with Crippen molar-refractivity contribution in [2.75, 3.05) is 5.32 Å². The van der Waals surface area contributed by atoms with Gasteiger partial charge in [-0.05, 0) is 31.0 Å². The first kappa shape index (κ1) is 10.7. The smallest absolute Gasteiger partial charge is 0.246 e. The third kappa shape index (κ3) is 2.39. The van der Waals surface area contributed by atoms with Crippen LogP contribution in [0, 0.1) is 6.92 Å². The van der Waals surface area contributed by atoms with Crippen molar-refractivity contribution in [3.05, 3.63) is 29.8 Å². The van der Waals surface area contributed by atoms with E-state index in [0.717, 1.165) is 11.3 Å². The van der Waals surface area contributed by atoms with Gasteiger partial charge < -0.3 is 10.6 Å². The first-order valence-corrected chi connectivity index (χ1v) is 5.32. The third-order valence-corrected chi connectivity index (χ3v) is 2.60. The van der Waals surface area contributed by atoms with E-state index < -0.39 is 0 Å². The molecule has 0 radical (unpaired) electrons. The quantitative estimate of drug-likeness (QED) is 0.784. The second kappa shape index (κ2) is 4.35. The number of hydrogen-bond donors (Lipinski definition) is 2. The highest BCUT2D eigenvalue weighted by Crippen LogP contribution is 2.12. The van der Waals surface area contributed by atoms with E-state index in [-0.39, 0.29) is 17.9 Å². The molecule has 4 nitrogen and oxygen atoms in total. The number of amides is 2. The van der Waals surface area contributed by atoms with Crippen molar-refractivity contribution in [2.45, 2.75) is 25.8 Å². The number of benzene rings is 1. The van der Waals surface area contributed by atoms with Gasteiger partial charge in [0.1, 0.15) is 6.04 Å². The summed E-state index contributed by atoms with van der Waals surface area (Å²) in [7, 11) is 0. The van der Waals surface area contributed by atoms with Gasteiger partial charge in [-0.15, -0.1) is 0 Å². The van der Waals surface area contributed by atoms with Gasteiger partial charge in [-0.25, -0.2) is 0 Å². The van der Waals surface area contributed by atoms with Crippen molar-refractivity contribution in [3.8, 4) is 0 Å². The molecule has 84 valence electrons. The average Bonchev–Trinajstić information content (AvgIpc) is 2.65. The lowest BCUT2D eigenvalue weighted by atomic mass is 10.2. The maximum atomic E-state index is 11.7. The van der Waals surface area contributed by atoms with Gasteiger partial charge in [-0.3, -0.25) is 9.59 Å². The minimum absolute atomic E-state index is 0.0515. The number of aryl methyl sites for hydroxylation is 1. The monoisotopic (exact) mass is 218 g/mol. The van der Waals surface area contributed by atoms with Crippen LogP contribution < -0.4 is 10.6 Å². The fraction of sp³-hybridized carbons (Fsp3) is 0.333. The van der Waals surface area contributed by atoms with Crippen LogP contribution in [0.1, 0.15) is 18.4 Å². The van der Waals surface area contributed by atoms with Gasteiger partial charge in [0, 0.05) is 12.1 Å². The lowest BCUT2D eigenvalue weighted by Crippen LogP contribution is -2.37. The third-order valence-electron chi connectivity index (χ3n) is 2.60. The number of carbonyl (C=O) groups excluding carboxylic acids is 2. The van der Waals surface area contributed by atoms with E-state index in [4.69, 9.17) is 0 Å². The molecule has 1 atom stereocenters. The maximum absolute atomic E-state index is 11.7. The highest BCUT2D eigenvalue weighted by Gasteiger charge is 2.26. The summed E-state index contributed by atoms with van der Waals surface area (Å²) in [5.74, 6) is -0.194. The van der Waals surface area contributed by atoms with E-state index in [2.05, 4.69) is 10.6 Å². The Bertz CT molecular complexity index is 429. The Labute approximate surface area is 94.0 Å². The molecule has 0 saturated carbocycles. The van der Waals surface area contributed by atoms with E-state index in [1.54, 1.807) is 0 Å². The van der Waals surface area contributed by atoms with Gasteiger partial charge in [0.15, 0.2) is 0 Å². The molecule has 4 heteroatoms. The molecule has 16 heavy (non-hydrogen) atoms. The molecule has 0 aliphatic carbocycles.